The summed E-state index contributed by atoms with van der Waals surface area (Å²) in [5.74, 6) is 1.14. The van der Waals surface area contributed by atoms with Gasteiger partial charge in [-0.25, -0.2) is 14.4 Å². The van der Waals surface area contributed by atoms with Gasteiger partial charge in [-0.15, -0.1) is 0 Å². The fourth-order valence-corrected chi connectivity index (χ4v) is 3.36. The number of nitrogens with one attached hydrogen (secondary N) is 3. The maximum atomic E-state index is 14.4. The zero-order chi connectivity index (χ0) is 23.9. The Kier molecular flexibility index (Phi) is 6.92. The predicted molar refractivity (Wildman–Crippen MR) is 129 cm³/mol. The number of ether oxygens (including phenoxy) is 2. The van der Waals surface area contributed by atoms with Crippen LogP contribution in [0.15, 0.2) is 73.2 Å². The van der Waals surface area contributed by atoms with Crippen molar-refractivity contribution in [2.45, 2.75) is 6.54 Å². The smallest absolute Gasteiger partial charge is 0.180 e. The first-order chi connectivity index (χ1) is 16.6. The number of benzene rings is 2. The molecule has 0 atom stereocenters. The standard InChI is InChI=1S/C25H23FN6O2/c1-33-21-9-5-7-19(26)18(21)14-29-20-8-4-3-6-17(20)23(27)25-30-15-22(34-2)24(32-25)31-16-10-12-28-13-11-16/h3-13,15,27,29H,14H2,1-2H3,(H,28,30,31,32). The first-order valence-electron chi connectivity index (χ1n) is 10.4. The molecule has 2 heterocycles. The molecule has 2 aromatic carbocycles. The van der Waals surface area contributed by atoms with Crippen molar-refractivity contribution in [3.8, 4) is 11.5 Å². The lowest BCUT2D eigenvalue weighted by molar-refractivity contribution is 0.405. The number of anilines is 3. The van der Waals surface area contributed by atoms with Crippen molar-refractivity contribution in [3.63, 3.8) is 0 Å². The Morgan fingerprint density at radius 3 is 2.50 bits per heavy atom. The van der Waals surface area contributed by atoms with E-state index in [1.807, 2.05) is 18.2 Å². The van der Waals surface area contributed by atoms with Crippen LogP contribution in [0, 0.1) is 11.2 Å². The Bertz CT molecular complexity index is 1300. The van der Waals surface area contributed by atoms with Crippen LogP contribution in [0.3, 0.4) is 0 Å². The molecule has 2 aromatic heterocycles. The molecule has 0 fully saturated rings. The molecule has 9 heteroatoms. The van der Waals surface area contributed by atoms with Crippen LogP contribution in [0.5, 0.6) is 11.5 Å². The molecule has 4 aromatic rings. The Morgan fingerprint density at radius 1 is 0.971 bits per heavy atom. The van der Waals surface area contributed by atoms with E-state index < -0.39 is 0 Å². The highest BCUT2D eigenvalue weighted by Gasteiger charge is 2.17. The van der Waals surface area contributed by atoms with Gasteiger partial charge in [0.15, 0.2) is 17.4 Å². The highest BCUT2D eigenvalue weighted by molar-refractivity contribution is 6.12. The van der Waals surface area contributed by atoms with Crippen molar-refractivity contribution in [2.24, 2.45) is 0 Å². The van der Waals surface area contributed by atoms with Gasteiger partial charge < -0.3 is 20.1 Å². The Morgan fingerprint density at radius 2 is 1.74 bits per heavy atom. The van der Waals surface area contributed by atoms with Crippen LogP contribution in [0.1, 0.15) is 17.0 Å². The highest BCUT2D eigenvalue weighted by Crippen LogP contribution is 2.27. The van der Waals surface area contributed by atoms with E-state index in [1.165, 1.54) is 26.5 Å². The van der Waals surface area contributed by atoms with Crippen LogP contribution < -0.4 is 20.1 Å². The van der Waals surface area contributed by atoms with E-state index in [0.29, 0.717) is 34.1 Å². The molecule has 0 saturated carbocycles. The summed E-state index contributed by atoms with van der Waals surface area (Å²) in [6, 6.07) is 15.5. The van der Waals surface area contributed by atoms with Gasteiger partial charge in [-0.3, -0.25) is 10.4 Å². The van der Waals surface area contributed by atoms with Gasteiger partial charge in [-0.05, 0) is 30.3 Å². The molecule has 0 aliphatic rings. The van der Waals surface area contributed by atoms with Gasteiger partial charge in [0.1, 0.15) is 17.3 Å². The quantitative estimate of drug-likeness (QED) is 0.310. The summed E-state index contributed by atoms with van der Waals surface area (Å²) in [7, 11) is 3.03. The van der Waals surface area contributed by atoms with E-state index in [1.54, 1.807) is 42.7 Å². The number of para-hydroxylation sites is 1. The van der Waals surface area contributed by atoms with Gasteiger partial charge in [-0.1, -0.05) is 24.3 Å². The molecule has 0 aliphatic carbocycles. The summed E-state index contributed by atoms with van der Waals surface area (Å²) < 4.78 is 25.0. The molecule has 172 valence electrons. The summed E-state index contributed by atoms with van der Waals surface area (Å²) in [4.78, 5) is 12.8. The number of hydrogen-bond donors (Lipinski definition) is 3. The molecule has 0 amide bonds. The van der Waals surface area contributed by atoms with Gasteiger partial charge >= 0.3 is 0 Å². The second-order valence-corrected chi connectivity index (χ2v) is 7.17. The van der Waals surface area contributed by atoms with Crippen LogP contribution >= 0.6 is 0 Å². The molecule has 3 N–H and O–H groups in total. The van der Waals surface area contributed by atoms with E-state index in [2.05, 4.69) is 25.6 Å². The van der Waals surface area contributed by atoms with Gasteiger partial charge in [0, 0.05) is 41.4 Å². The molecule has 8 nitrogen and oxygen atoms in total. The van der Waals surface area contributed by atoms with Gasteiger partial charge in [0.05, 0.1) is 20.4 Å². The third kappa shape index (κ3) is 4.93. The summed E-state index contributed by atoms with van der Waals surface area (Å²) in [6.45, 7) is 0.179. The number of aromatic nitrogens is 3. The average Bonchev–Trinajstić information content (AvgIpc) is 2.88. The number of pyridine rings is 1. The normalized spacial score (nSPS) is 10.4. The minimum absolute atomic E-state index is 0.101. The zero-order valence-corrected chi connectivity index (χ0v) is 18.7. The van der Waals surface area contributed by atoms with E-state index >= 15 is 0 Å². The van der Waals surface area contributed by atoms with Crippen molar-refractivity contribution in [1.82, 2.24) is 15.0 Å². The summed E-state index contributed by atoms with van der Waals surface area (Å²) in [5.41, 5.74) is 2.48. The van der Waals surface area contributed by atoms with E-state index in [4.69, 9.17) is 14.9 Å². The molecular weight excluding hydrogens is 435 g/mol. The molecular formula is C25H23FN6O2. The molecule has 0 bridgehead atoms. The average molecular weight is 458 g/mol. The molecule has 34 heavy (non-hydrogen) atoms. The van der Waals surface area contributed by atoms with Crippen LogP contribution in [-0.4, -0.2) is 34.9 Å². The third-order valence-electron chi connectivity index (χ3n) is 5.09. The number of rotatable bonds is 9. The van der Waals surface area contributed by atoms with E-state index in [0.717, 1.165) is 5.69 Å². The molecule has 0 saturated heterocycles. The topological polar surface area (TPSA) is 105 Å². The Labute approximate surface area is 196 Å². The van der Waals surface area contributed by atoms with Crippen molar-refractivity contribution >= 4 is 22.9 Å². The lowest BCUT2D eigenvalue weighted by atomic mass is 10.1. The first kappa shape index (κ1) is 22.7. The number of methoxy groups -OCH3 is 2. The zero-order valence-electron chi connectivity index (χ0n) is 18.7. The summed E-state index contributed by atoms with van der Waals surface area (Å²) in [5, 5.41) is 15.2. The lowest BCUT2D eigenvalue weighted by Gasteiger charge is -2.15. The number of nitrogens with zero attached hydrogens (tertiary/aromatic N) is 3. The first-order valence-corrected chi connectivity index (χ1v) is 10.4. The lowest BCUT2D eigenvalue weighted by Crippen LogP contribution is -2.13. The maximum Gasteiger partial charge on any atom is 0.180 e. The molecule has 0 spiro atoms. The third-order valence-corrected chi connectivity index (χ3v) is 5.09. The Balaban J connectivity index is 1.61. The van der Waals surface area contributed by atoms with Gasteiger partial charge in [0.2, 0.25) is 0 Å². The monoisotopic (exact) mass is 458 g/mol. The second kappa shape index (κ2) is 10.4. The maximum absolute atomic E-state index is 14.4. The molecule has 0 unspecified atom stereocenters. The highest BCUT2D eigenvalue weighted by atomic mass is 19.1. The molecule has 0 aliphatic heterocycles. The number of halogens is 1. The van der Waals surface area contributed by atoms with Crippen molar-refractivity contribution < 1.29 is 13.9 Å². The second-order valence-electron chi connectivity index (χ2n) is 7.17. The van der Waals surface area contributed by atoms with Crippen molar-refractivity contribution in [1.29, 1.82) is 5.41 Å². The van der Waals surface area contributed by atoms with E-state index in [-0.39, 0.29) is 23.9 Å². The van der Waals surface area contributed by atoms with Gasteiger partial charge in [-0.2, -0.15) is 0 Å². The van der Waals surface area contributed by atoms with Crippen molar-refractivity contribution in [3.05, 3.63) is 96.0 Å². The minimum Gasteiger partial charge on any atom is -0.496 e. The summed E-state index contributed by atoms with van der Waals surface area (Å²) in [6.07, 6.45) is 4.83. The van der Waals surface area contributed by atoms with Crippen LogP contribution in [0.2, 0.25) is 0 Å². The largest absolute Gasteiger partial charge is 0.496 e. The van der Waals surface area contributed by atoms with E-state index in [9.17, 15) is 4.39 Å². The Hall–Kier alpha value is -4.53. The predicted octanol–water partition coefficient (Wildman–Crippen LogP) is 4.80. The molecule has 0 radical (unpaired) electrons. The van der Waals surface area contributed by atoms with Crippen LogP contribution in [-0.2, 0) is 6.54 Å². The van der Waals surface area contributed by atoms with Crippen molar-refractivity contribution in [2.75, 3.05) is 24.9 Å². The molecule has 4 rings (SSSR count). The fourth-order valence-electron chi connectivity index (χ4n) is 3.36. The summed E-state index contributed by atoms with van der Waals surface area (Å²) >= 11 is 0. The van der Waals surface area contributed by atoms with Crippen LogP contribution in [0.4, 0.5) is 21.6 Å². The SMILES string of the molecule is COc1cnc(C(=N)c2ccccc2NCc2c(F)cccc2OC)nc1Nc1ccncc1. The van der Waals surface area contributed by atoms with Crippen LogP contribution in [0.25, 0.3) is 0 Å². The number of hydrogen-bond acceptors (Lipinski definition) is 8. The fraction of sp³-hybridized carbons (Fsp3) is 0.120. The van der Waals surface area contributed by atoms with Gasteiger partial charge in [0.25, 0.3) is 0 Å². The minimum atomic E-state index is -0.371.